The van der Waals surface area contributed by atoms with Crippen LogP contribution in [0.2, 0.25) is 0 Å². The first-order chi connectivity index (χ1) is 8.25. The summed E-state index contributed by atoms with van der Waals surface area (Å²) >= 11 is 1.68. The molecule has 3 N–H and O–H groups in total. The van der Waals surface area contributed by atoms with Crippen LogP contribution in [0.15, 0.2) is 41.1 Å². The molecule has 0 saturated heterocycles. The molecule has 17 heavy (non-hydrogen) atoms. The predicted molar refractivity (Wildman–Crippen MR) is 71.0 cm³/mol. The number of anilines is 1. The van der Waals surface area contributed by atoms with E-state index < -0.39 is 0 Å². The zero-order valence-electron chi connectivity index (χ0n) is 9.35. The second-order valence-corrected chi connectivity index (χ2v) is 4.57. The lowest BCUT2D eigenvalue weighted by atomic mass is 10.1. The molecule has 0 unspecified atom stereocenters. The fourth-order valence-electron chi connectivity index (χ4n) is 1.63. The van der Waals surface area contributed by atoms with Gasteiger partial charge in [-0.15, -0.1) is 0 Å². The molecule has 0 aliphatic heterocycles. The van der Waals surface area contributed by atoms with Crippen LogP contribution in [0.4, 0.5) is 5.69 Å². The maximum atomic E-state index is 10.9. The molecular formula is C13H14N2OS. The molecule has 1 amide bonds. The number of hydrogen-bond donors (Lipinski definition) is 2. The highest BCUT2D eigenvalue weighted by atomic mass is 32.1. The number of carbonyl (C=O) groups excluding carboxylic acids is 1. The third-order valence-corrected chi connectivity index (χ3v) is 3.18. The van der Waals surface area contributed by atoms with E-state index in [-0.39, 0.29) is 12.3 Å². The van der Waals surface area contributed by atoms with Crippen LogP contribution in [0, 0.1) is 0 Å². The van der Waals surface area contributed by atoms with Crippen LogP contribution in [-0.2, 0) is 17.8 Å². The lowest BCUT2D eigenvalue weighted by Crippen LogP contribution is -2.15. The van der Waals surface area contributed by atoms with Crippen molar-refractivity contribution in [3.8, 4) is 0 Å². The van der Waals surface area contributed by atoms with E-state index in [9.17, 15) is 4.79 Å². The number of primary amides is 1. The van der Waals surface area contributed by atoms with Crippen molar-refractivity contribution in [1.82, 2.24) is 0 Å². The summed E-state index contributed by atoms with van der Waals surface area (Å²) in [4.78, 5) is 10.9. The Morgan fingerprint density at radius 3 is 2.82 bits per heavy atom. The van der Waals surface area contributed by atoms with Gasteiger partial charge in [-0.2, -0.15) is 11.3 Å². The van der Waals surface area contributed by atoms with Crippen LogP contribution in [0.5, 0.6) is 0 Å². The zero-order chi connectivity index (χ0) is 12.1. The van der Waals surface area contributed by atoms with E-state index in [0.29, 0.717) is 0 Å². The minimum atomic E-state index is -0.310. The fraction of sp³-hybridized carbons (Fsp3) is 0.154. The molecule has 0 aliphatic rings. The van der Waals surface area contributed by atoms with Crippen LogP contribution >= 0.6 is 11.3 Å². The first-order valence-corrected chi connectivity index (χ1v) is 6.31. The monoisotopic (exact) mass is 246 g/mol. The lowest BCUT2D eigenvalue weighted by Gasteiger charge is -2.10. The average molecular weight is 246 g/mol. The lowest BCUT2D eigenvalue weighted by molar-refractivity contribution is -0.117. The van der Waals surface area contributed by atoms with Crippen LogP contribution < -0.4 is 11.1 Å². The average Bonchev–Trinajstić information content (AvgIpc) is 2.80. The molecule has 0 aliphatic carbocycles. The molecule has 3 nitrogen and oxygen atoms in total. The molecule has 0 bridgehead atoms. The summed E-state index contributed by atoms with van der Waals surface area (Å²) in [6.07, 6.45) is 0.271. The summed E-state index contributed by atoms with van der Waals surface area (Å²) in [6, 6.07) is 9.81. The van der Waals surface area contributed by atoms with E-state index in [1.807, 2.05) is 29.6 Å². The number of amides is 1. The summed E-state index contributed by atoms with van der Waals surface area (Å²) in [6.45, 7) is 0.763. The van der Waals surface area contributed by atoms with Gasteiger partial charge in [-0.25, -0.2) is 0 Å². The van der Waals surface area contributed by atoms with Crippen molar-refractivity contribution in [3.63, 3.8) is 0 Å². The van der Waals surface area contributed by atoms with Crippen LogP contribution in [0.3, 0.4) is 0 Å². The molecule has 0 radical (unpaired) electrons. The first-order valence-electron chi connectivity index (χ1n) is 5.37. The van der Waals surface area contributed by atoms with Gasteiger partial charge in [-0.3, -0.25) is 4.79 Å². The van der Waals surface area contributed by atoms with Gasteiger partial charge in [0.1, 0.15) is 0 Å². The largest absolute Gasteiger partial charge is 0.381 e. The van der Waals surface area contributed by atoms with Gasteiger partial charge in [0.15, 0.2) is 0 Å². The van der Waals surface area contributed by atoms with Crippen molar-refractivity contribution in [2.45, 2.75) is 13.0 Å². The normalized spacial score (nSPS) is 10.1. The fourth-order valence-corrected chi connectivity index (χ4v) is 2.29. The molecule has 0 saturated carbocycles. The van der Waals surface area contributed by atoms with Crippen molar-refractivity contribution in [2.24, 2.45) is 5.73 Å². The summed E-state index contributed by atoms with van der Waals surface area (Å²) in [5.74, 6) is -0.310. The number of para-hydroxylation sites is 1. The van der Waals surface area contributed by atoms with Gasteiger partial charge in [0.25, 0.3) is 0 Å². The number of hydrogen-bond acceptors (Lipinski definition) is 3. The van der Waals surface area contributed by atoms with Crippen LogP contribution in [-0.4, -0.2) is 5.91 Å². The molecule has 88 valence electrons. The first kappa shape index (κ1) is 11.7. The van der Waals surface area contributed by atoms with Gasteiger partial charge in [0, 0.05) is 12.2 Å². The van der Waals surface area contributed by atoms with Crippen molar-refractivity contribution in [1.29, 1.82) is 0 Å². The van der Waals surface area contributed by atoms with Gasteiger partial charge >= 0.3 is 0 Å². The smallest absolute Gasteiger partial charge is 0.221 e. The summed E-state index contributed by atoms with van der Waals surface area (Å²) in [7, 11) is 0. The molecular weight excluding hydrogens is 232 g/mol. The quantitative estimate of drug-likeness (QED) is 0.851. The summed E-state index contributed by atoms with van der Waals surface area (Å²) in [5.41, 5.74) is 8.37. The Kier molecular flexibility index (Phi) is 3.77. The van der Waals surface area contributed by atoms with Crippen molar-refractivity contribution >= 4 is 22.9 Å². The Balaban J connectivity index is 2.06. The maximum absolute atomic E-state index is 10.9. The number of thiophene rings is 1. The Labute approximate surface area is 104 Å². The van der Waals surface area contributed by atoms with E-state index in [1.54, 1.807) is 11.3 Å². The van der Waals surface area contributed by atoms with Gasteiger partial charge < -0.3 is 11.1 Å². The van der Waals surface area contributed by atoms with Gasteiger partial charge in [-0.05, 0) is 34.0 Å². The second-order valence-electron chi connectivity index (χ2n) is 3.79. The van der Waals surface area contributed by atoms with Crippen molar-refractivity contribution < 1.29 is 4.79 Å². The zero-order valence-corrected chi connectivity index (χ0v) is 10.2. The summed E-state index contributed by atoms with van der Waals surface area (Å²) in [5, 5.41) is 7.47. The Hall–Kier alpha value is -1.81. The molecule has 1 heterocycles. The Morgan fingerprint density at radius 2 is 2.12 bits per heavy atom. The van der Waals surface area contributed by atoms with Gasteiger partial charge in [0.05, 0.1) is 6.42 Å². The Morgan fingerprint density at radius 1 is 1.29 bits per heavy atom. The molecule has 2 rings (SSSR count). The van der Waals surface area contributed by atoms with E-state index in [0.717, 1.165) is 17.8 Å². The van der Waals surface area contributed by atoms with Crippen LogP contribution in [0.1, 0.15) is 11.1 Å². The van der Waals surface area contributed by atoms with Gasteiger partial charge in [0.2, 0.25) is 5.91 Å². The molecule has 2 aromatic rings. The van der Waals surface area contributed by atoms with Crippen molar-refractivity contribution in [3.05, 3.63) is 52.2 Å². The molecule has 4 heteroatoms. The predicted octanol–water partition coefficient (Wildman–Crippen LogP) is 2.39. The highest BCUT2D eigenvalue weighted by Gasteiger charge is 2.04. The number of nitrogens with one attached hydrogen (secondary N) is 1. The second kappa shape index (κ2) is 5.50. The third kappa shape index (κ3) is 3.32. The number of benzene rings is 1. The Bertz CT molecular complexity index is 494. The van der Waals surface area contributed by atoms with Crippen molar-refractivity contribution in [2.75, 3.05) is 5.32 Å². The van der Waals surface area contributed by atoms with E-state index in [1.165, 1.54) is 5.56 Å². The maximum Gasteiger partial charge on any atom is 0.221 e. The highest BCUT2D eigenvalue weighted by molar-refractivity contribution is 7.07. The van der Waals surface area contributed by atoms with Crippen LogP contribution in [0.25, 0.3) is 0 Å². The molecule has 1 aromatic carbocycles. The molecule has 0 spiro atoms. The number of carbonyl (C=O) groups is 1. The molecule has 1 aromatic heterocycles. The van der Waals surface area contributed by atoms with Gasteiger partial charge in [-0.1, -0.05) is 18.2 Å². The van der Waals surface area contributed by atoms with E-state index in [2.05, 4.69) is 16.8 Å². The van der Waals surface area contributed by atoms with E-state index in [4.69, 9.17) is 5.73 Å². The third-order valence-electron chi connectivity index (χ3n) is 2.45. The summed E-state index contributed by atoms with van der Waals surface area (Å²) < 4.78 is 0. The number of rotatable bonds is 5. The minimum absolute atomic E-state index is 0.271. The SMILES string of the molecule is NC(=O)Cc1ccccc1NCc1ccsc1. The molecule has 0 atom stereocenters. The minimum Gasteiger partial charge on any atom is -0.381 e. The standard InChI is InChI=1S/C13H14N2OS/c14-13(16)7-11-3-1-2-4-12(11)15-8-10-5-6-17-9-10/h1-6,9,15H,7-8H2,(H2,14,16). The number of nitrogens with two attached hydrogens (primary N) is 1. The topological polar surface area (TPSA) is 55.1 Å². The molecule has 0 fully saturated rings. The highest BCUT2D eigenvalue weighted by Crippen LogP contribution is 2.17. The van der Waals surface area contributed by atoms with E-state index >= 15 is 0 Å².